The van der Waals surface area contributed by atoms with E-state index in [2.05, 4.69) is 10.6 Å². The van der Waals surface area contributed by atoms with Gasteiger partial charge in [-0.2, -0.15) is 0 Å². The maximum Gasteiger partial charge on any atom is 0.318 e. The highest BCUT2D eigenvalue weighted by Gasteiger charge is 2.05. The Morgan fingerprint density at radius 3 is 2.47 bits per heavy atom. The van der Waals surface area contributed by atoms with Crippen LogP contribution < -0.4 is 16.4 Å². The van der Waals surface area contributed by atoms with Crippen molar-refractivity contribution in [3.63, 3.8) is 0 Å². The molecule has 3 amide bonds. The zero-order valence-corrected chi connectivity index (χ0v) is 8.63. The van der Waals surface area contributed by atoms with E-state index in [0.717, 1.165) is 5.56 Å². The Hall–Kier alpha value is -2.04. The lowest BCUT2D eigenvalue weighted by molar-refractivity contribution is 0.1000. The number of rotatable bonds is 2. The molecule has 0 unspecified atom stereocenters. The molecular weight excluding hydrogens is 194 g/mol. The number of nitrogens with two attached hydrogens (primary N) is 1. The number of nitrogens with one attached hydrogen (secondary N) is 2. The lowest BCUT2D eigenvalue weighted by Gasteiger charge is -2.06. The lowest BCUT2D eigenvalue weighted by atomic mass is 10.1. The van der Waals surface area contributed by atoms with Gasteiger partial charge in [0.05, 0.1) is 0 Å². The Bertz CT molecular complexity index is 402. The first kappa shape index (κ1) is 11.0. The summed E-state index contributed by atoms with van der Waals surface area (Å²) in [6.45, 7) is 1.82. The molecule has 1 aromatic rings. The standard InChI is InChI=1S/C10H13N3O2/c1-6-3-7(9(11)14)5-8(4-6)13-10(15)12-2/h3-5H,1-2H3,(H2,11,14)(H2,12,13,15). The van der Waals surface area contributed by atoms with Gasteiger partial charge in [0.15, 0.2) is 0 Å². The van der Waals surface area contributed by atoms with E-state index < -0.39 is 5.91 Å². The van der Waals surface area contributed by atoms with Crippen LogP contribution in [0.25, 0.3) is 0 Å². The first-order valence-corrected chi connectivity index (χ1v) is 4.43. The fourth-order valence-corrected chi connectivity index (χ4v) is 1.19. The number of carbonyl (C=O) groups excluding carboxylic acids is 2. The van der Waals surface area contributed by atoms with Gasteiger partial charge in [-0.3, -0.25) is 4.79 Å². The third kappa shape index (κ3) is 2.98. The molecule has 0 fully saturated rings. The van der Waals surface area contributed by atoms with E-state index in [-0.39, 0.29) is 6.03 Å². The van der Waals surface area contributed by atoms with Crippen LogP contribution >= 0.6 is 0 Å². The number of hydrogen-bond donors (Lipinski definition) is 3. The van der Waals surface area contributed by atoms with E-state index in [1.54, 1.807) is 12.1 Å². The predicted molar refractivity (Wildman–Crippen MR) is 57.8 cm³/mol. The number of hydrogen-bond acceptors (Lipinski definition) is 2. The van der Waals surface area contributed by atoms with Crippen molar-refractivity contribution < 1.29 is 9.59 Å². The molecule has 5 nitrogen and oxygen atoms in total. The Labute approximate surface area is 87.7 Å². The second-order valence-electron chi connectivity index (χ2n) is 3.16. The largest absolute Gasteiger partial charge is 0.366 e. The molecule has 1 aromatic carbocycles. The van der Waals surface area contributed by atoms with Crippen molar-refractivity contribution in [3.05, 3.63) is 29.3 Å². The summed E-state index contributed by atoms with van der Waals surface area (Å²) in [6, 6.07) is 4.61. The molecule has 0 radical (unpaired) electrons. The van der Waals surface area contributed by atoms with E-state index in [9.17, 15) is 9.59 Å². The molecule has 0 atom stereocenters. The number of carbonyl (C=O) groups is 2. The molecule has 0 aliphatic heterocycles. The third-order valence-electron chi connectivity index (χ3n) is 1.85. The average molecular weight is 207 g/mol. The Morgan fingerprint density at radius 1 is 1.27 bits per heavy atom. The number of anilines is 1. The molecule has 4 N–H and O–H groups in total. The molecule has 15 heavy (non-hydrogen) atoms. The highest BCUT2D eigenvalue weighted by atomic mass is 16.2. The van der Waals surface area contributed by atoms with Gasteiger partial charge in [-0.25, -0.2) is 4.79 Å². The molecule has 0 heterocycles. The SMILES string of the molecule is CNC(=O)Nc1cc(C)cc(C(N)=O)c1. The normalized spacial score (nSPS) is 9.47. The minimum absolute atomic E-state index is 0.337. The van der Waals surface area contributed by atoms with E-state index >= 15 is 0 Å². The maximum absolute atomic E-state index is 11.0. The molecule has 0 aromatic heterocycles. The van der Waals surface area contributed by atoms with Crippen LogP contribution in [0.1, 0.15) is 15.9 Å². The van der Waals surface area contributed by atoms with Crippen molar-refractivity contribution in [2.24, 2.45) is 5.73 Å². The quantitative estimate of drug-likeness (QED) is 0.671. The maximum atomic E-state index is 11.0. The Morgan fingerprint density at radius 2 is 1.93 bits per heavy atom. The second-order valence-corrected chi connectivity index (χ2v) is 3.16. The minimum atomic E-state index is -0.515. The second kappa shape index (κ2) is 4.45. The van der Waals surface area contributed by atoms with Gasteiger partial charge in [0.1, 0.15) is 0 Å². The van der Waals surface area contributed by atoms with Crippen LogP contribution in [-0.4, -0.2) is 19.0 Å². The van der Waals surface area contributed by atoms with Crippen LogP contribution in [0.4, 0.5) is 10.5 Å². The summed E-state index contributed by atoms with van der Waals surface area (Å²) < 4.78 is 0. The summed E-state index contributed by atoms with van der Waals surface area (Å²) in [7, 11) is 1.51. The van der Waals surface area contributed by atoms with Crippen molar-refractivity contribution >= 4 is 17.6 Å². The number of urea groups is 1. The summed E-state index contributed by atoms with van der Waals surface area (Å²) in [5, 5.41) is 4.99. The van der Waals surface area contributed by atoms with Crippen LogP contribution in [0.15, 0.2) is 18.2 Å². The van der Waals surface area contributed by atoms with Gasteiger partial charge in [0.25, 0.3) is 0 Å². The monoisotopic (exact) mass is 207 g/mol. The van der Waals surface area contributed by atoms with Crippen LogP contribution in [0, 0.1) is 6.92 Å². The Kier molecular flexibility index (Phi) is 3.28. The topological polar surface area (TPSA) is 84.2 Å². The van der Waals surface area contributed by atoms with Crippen LogP contribution in [0.3, 0.4) is 0 Å². The molecule has 5 heteroatoms. The van der Waals surface area contributed by atoms with Gasteiger partial charge in [-0.15, -0.1) is 0 Å². The van der Waals surface area contributed by atoms with Gasteiger partial charge in [0, 0.05) is 18.3 Å². The first-order valence-electron chi connectivity index (χ1n) is 4.43. The van der Waals surface area contributed by atoms with Gasteiger partial charge >= 0.3 is 6.03 Å². The lowest BCUT2D eigenvalue weighted by Crippen LogP contribution is -2.24. The van der Waals surface area contributed by atoms with Gasteiger partial charge in [0.2, 0.25) is 5.91 Å². The third-order valence-corrected chi connectivity index (χ3v) is 1.85. The number of primary amides is 1. The molecule has 0 aliphatic carbocycles. The zero-order chi connectivity index (χ0) is 11.4. The molecule has 0 spiro atoms. The zero-order valence-electron chi connectivity index (χ0n) is 8.63. The van der Waals surface area contributed by atoms with E-state index in [4.69, 9.17) is 5.73 Å². The van der Waals surface area contributed by atoms with E-state index in [0.29, 0.717) is 11.3 Å². The smallest absolute Gasteiger partial charge is 0.318 e. The summed E-state index contributed by atoms with van der Waals surface area (Å²) in [6.07, 6.45) is 0. The van der Waals surface area contributed by atoms with Crippen molar-refractivity contribution in [1.29, 1.82) is 0 Å². The summed E-state index contributed by atoms with van der Waals surface area (Å²) in [5.74, 6) is -0.515. The van der Waals surface area contributed by atoms with Crippen molar-refractivity contribution in [2.45, 2.75) is 6.92 Å². The van der Waals surface area contributed by atoms with Crippen LogP contribution in [-0.2, 0) is 0 Å². The predicted octanol–water partition coefficient (Wildman–Crippen LogP) is 0.845. The number of amides is 3. The molecule has 0 saturated carbocycles. The van der Waals surface area contributed by atoms with Crippen LogP contribution in [0.2, 0.25) is 0 Å². The molecule has 0 bridgehead atoms. The summed E-state index contributed by atoms with van der Waals surface area (Å²) in [4.78, 5) is 22.0. The molecule has 0 saturated heterocycles. The van der Waals surface area contributed by atoms with E-state index in [1.165, 1.54) is 13.1 Å². The number of aryl methyl sites for hydroxylation is 1. The van der Waals surface area contributed by atoms with Crippen molar-refractivity contribution in [3.8, 4) is 0 Å². The summed E-state index contributed by atoms with van der Waals surface area (Å²) >= 11 is 0. The number of benzene rings is 1. The first-order chi connectivity index (χ1) is 7.02. The van der Waals surface area contributed by atoms with Crippen LogP contribution in [0.5, 0.6) is 0 Å². The fourth-order valence-electron chi connectivity index (χ4n) is 1.19. The summed E-state index contributed by atoms with van der Waals surface area (Å²) in [5.41, 5.74) is 6.93. The average Bonchev–Trinajstić information content (AvgIpc) is 2.16. The highest BCUT2D eigenvalue weighted by molar-refractivity contribution is 5.96. The molecule has 80 valence electrons. The van der Waals surface area contributed by atoms with Gasteiger partial charge < -0.3 is 16.4 Å². The molecule has 0 aliphatic rings. The molecule has 1 rings (SSSR count). The molecular formula is C10H13N3O2. The Balaban J connectivity index is 2.98. The fraction of sp³-hybridized carbons (Fsp3) is 0.200. The van der Waals surface area contributed by atoms with E-state index in [1.807, 2.05) is 6.92 Å². The van der Waals surface area contributed by atoms with Crippen molar-refractivity contribution in [1.82, 2.24) is 5.32 Å². The van der Waals surface area contributed by atoms with Gasteiger partial charge in [-0.05, 0) is 30.7 Å². The highest BCUT2D eigenvalue weighted by Crippen LogP contribution is 2.13. The van der Waals surface area contributed by atoms with Crippen molar-refractivity contribution in [2.75, 3.05) is 12.4 Å². The minimum Gasteiger partial charge on any atom is -0.366 e. The van der Waals surface area contributed by atoms with Gasteiger partial charge in [-0.1, -0.05) is 0 Å².